The Morgan fingerprint density at radius 1 is 1.39 bits per heavy atom. The number of rotatable bonds is 4. The Labute approximate surface area is 109 Å². The van der Waals surface area contributed by atoms with Crippen molar-refractivity contribution in [2.45, 2.75) is 13.8 Å². The summed E-state index contributed by atoms with van der Waals surface area (Å²) in [6.07, 6.45) is 0. The van der Waals surface area contributed by atoms with E-state index in [0.29, 0.717) is 10.9 Å². The standard InChI is InChI=1S/C12H13N3O2S/c1-8-4-3-5-10(6-8)17-7-11(16)13-12-15-14-9(2)18-12/h3-6H,7H2,1-2H3,(H,13,15,16). The molecule has 18 heavy (non-hydrogen) atoms. The molecule has 6 heteroatoms. The second-order valence-corrected chi connectivity index (χ2v) is 4.96. The van der Waals surface area contributed by atoms with Crippen LogP contribution in [-0.2, 0) is 4.79 Å². The number of ether oxygens (including phenoxy) is 1. The first-order chi connectivity index (χ1) is 8.63. The quantitative estimate of drug-likeness (QED) is 0.918. The zero-order valence-electron chi connectivity index (χ0n) is 10.1. The number of aryl methyl sites for hydroxylation is 2. The molecule has 0 saturated carbocycles. The van der Waals surface area contributed by atoms with Crippen molar-refractivity contribution < 1.29 is 9.53 Å². The van der Waals surface area contributed by atoms with Gasteiger partial charge in [-0.3, -0.25) is 10.1 Å². The second-order valence-electron chi connectivity index (χ2n) is 3.78. The Hall–Kier alpha value is -1.95. The predicted octanol–water partition coefficient (Wildman–Crippen LogP) is 2.17. The normalized spacial score (nSPS) is 10.1. The lowest BCUT2D eigenvalue weighted by Gasteiger charge is -2.05. The number of amides is 1. The van der Waals surface area contributed by atoms with Gasteiger partial charge in [0.15, 0.2) is 6.61 Å². The largest absolute Gasteiger partial charge is 0.484 e. The van der Waals surface area contributed by atoms with Crippen LogP contribution < -0.4 is 10.1 Å². The van der Waals surface area contributed by atoms with Gasteiger partial charge in [-0.25, -0.2) is 0 Å². The van der Waals surface area contributed by atoms with Crippen molar-refractivity contribution in [1.82, 2.24) is 10.2 Å². The Kier molecular flexibility index (Phi) is 3.88. The molecule has 0 aliphatic rings. The van der Waals surface area contributed by atoms with E-state index < -0.39 is 0 Å². The molecule has 5 nitrogen and oxygen atoms in total. The molecule has 1 heterocycles. The van der Waals surface area contributed by atoms with E-state index in [-0.39, 0.29) is 12.5 Å². The Morgan fingerprint density at radius 2 is 2.22 bits per heavy atom. The van der Waals surface area contributed by atoms with Crippen molar-refractivity contribution in [3.05, 3.63) is 34.8 Å². The van der Waals surface area contributed by atoms with Gasteiger partial charge in [-0.05, 0) is 31.5 Å². The van der Waals surface area contributed by atoms with E-state index in [9.17, 15) is 4.79 Å². The average molecular weight is 263 g/mol. The molecule has 0 bridgehead atoms. The second kappa shape index (κ2) is 5.59. The van der Waals surface area contributed by atoms with E-state index in [4.69, 9.17) is 4.74 Å². The summed E-state index contributed by atoms with van der Waals surface area (Å²) in [5.74, 6) is 0.436. The number of nitrogens with one attached hydrogen (secondary N) is 1. The molecule has 0 unspecified atom stereocenters. The first-order valence-electron chi connectivity index (χ1n) is 5.43. The van der Waals surface area contributed by atoms with Crippen molar-refractivity contribution >= 4 is 22.4 Å². The number of hydrogen-bond acceptors (Lipinski definition) is 5. The molecule has 0 aliphatic heterocycles. The maximum Gasteiger partial charge on any atom is 0.264 e. The predicted molar refractivity (Wildman–Crippen MR) is 69.9 cm³/mol. The van der Waals surface area contributed by atoms with Gasteiger partial charge in [0.05, 0.1) is 0 Å². The third-order valence-electron chi connectivity index (χ3n) is 2.13. The van der Waals surface area contributed by atoms with Crippen LogP contribution in [0.4, 0.5) is 5.13 Å². The van der Waals surface area contributed by atoms with Crippen LogP contribution in [0.15, 0.2) is 24.3 Å². The van der Waals surface area contributed by atoms with Crippen LogP contribution in [0, 0.1) is 13.8 Å². The highest BCUT2D eigenvalue weighted by Crippen LogP contribution is 2.14. The van der Waals surface area contributed by atoms with Crippen LogP contribution >= 0.6 is 11.3 Å². The molecule has 1 aromatic heterocycles. The topological polar surface area (TPSA) is 64.1 Å². The van der Waals surface area contributed by atoms with Gasteiger partial charge < -0.3 is 4.74 Å². The lowest BCUT2D eigenvalue weighted by atomic mass is 10.2. The fourth-order valence-electron chi connectivity index (χ4n) is 1.36. The first kappa shape index (κ1) is 12.5. The summed E-state index contributed by atoms with van der Waals surface area (Å²) >= 11 is 1.33. The summed E-state index contributed by atoms with van der Waals surface area (Å²) in [6.45, 7) is 3.76. The monoisotopic (exact) mass is 263 g/mol. The van der Waals surface area contributed by atoms with Gasteiger partial charge in [-0.15, -0.1) is 10.2 Å². The maximum atomic E-state index is 11.6. The van der Waals surface area contributed by atoms with Crippen LogP contribution in [0.2, 0.25) is 0 Å². The summed E-state index contributed by atoms with van der Waals surface area (Å²) in [6, 6.07) is 7.55. The van der Waals surface area contributed by atoms with Gasteiger partial charge in [0.2, 0.25) is 5.13 Å². The van der Waals surface area contributed by atoms with Crippen molar-refractivity contribution in [3.8, 4) is 5.75 Å². The Morgan fingerprint density at radius 3 is 2.89 bits per heavy atom. The van der Waals surface area contributed by atoms with E-state index in [1.807, 2.05) is 38.1 Å². The highest BCUT2D eigenvalue weighted by molar-refractivity contribution is 7.15. The van der Waals surface area contributed by atoms with E-state index >= 15 is 0 Å². The number of benzene rings is 1. The Bertz CT molecular complexity index is 554. The molecule has 0 aliphatic carbocycles. The molecule has 2 aromatic rings. The van der Waals surface area contributed by atoms with Gasteiger partial charge >= 0.3 is 0 Å². The van der Waals surface area contributed by atoms with Gasteiger partial charge in [0.1, 0.15) is 10.8 Å². The van der Waals surface area contributed by atoms with Crippen molar-refractivity contribution in [2.24, 2.45) is 0 Å². The van der Waals surface area contributed by atoms with Gasteiger partial charge in [0.25, 0.3) is 5.91 Å². The van der Waals surface area contributed by atoms with Crippen molar-refractivity contribution in [1.29, 1.82) is 0 Å². The fourth-order valence-corrected chi connectivity index (χ4v) is 1.96. The van der Waals surface area contributed by atoms with Gasteiger partial charge in [-0.1, -0.05) is 23.5 Å². The summed E-state index contributed by atoms with van der Waals surface area (Å²) < 4.78 is 5.37. The number of carbonyl (C=O) groups is 1. The number of carbonyl (C=O) groups excluding carboxylic acids is 1. The van der Waals surface area contributed by atoms with Crippen LogP contribution in [-0.4, -0.2) is 22.7 Å². The summed E-state index contributed by atoms with van der Waals surface area (Å²) in [5.41, 5.74) is 1.09. The number of hydrogen-bond donors (Lipinski definition) is 1. The molecular formula is C12H13N3O2S. The molecule has 1 amide bonds. The summed E-state index contributed by atoms with van der Waals surface area (Å²) in [5, 5.41) is 11.5. The zero-order valence-corrected chi connectivity index (χ0v) is 11.0. The third kappa shape index (κ3) is 3.53. The van der Waals surface area contributed by atoms with Crippen LogP contribution in [0.1, 0.15) is 10.6 Å². The van der Waals surface area contributed by atoms with E-state index in [2.05, 4.69) is 15.5 Å². The third-order valence-corrected chi connectivity index (χ3v) is 2.89. The summed E-state index contributed by atoms with van der Waals surface area (Å²) in [4.78, 5) is 11.6. The minimum absolute atomic E-state index is 0.0396. The molecule has 0 radical (unpaired) electrons. The van der Waals surface area contributed by atoms with Gasteiger partial charge in [-0.2, -0.15) is 0 Å². The molecule has 0 fully saturated rings. The smallest absolute Gasteiger partial charge is 0.264 e. The number of aromatic nitrogens is 2. The molecule has 1 N–H and O–H groups in total. The first-order valence-corrected chi connectivity index (χ1v) is 6.24. The van der Waals surface area contributed by atoms with E-state index in [1.54, 1.807) is 0 Å². The maximum absolute atomic E-state index is 11.6. The zero-order chi connectivity index (χ0) is 13.0. The number of anilines is 1. The van der Waals surface area contributed by atoms with Crippen LogP contribution in [0.3, 0.4) is 0 Å². The molecule has 0 atom stereocenters. The highest BCUT2D eigenvalue weighted by Gasteiger charge is 2.07. The fraction of sp³-hybridized carbons (Fsp3) is 0.250. The van der Waals surface area contributed by atoms with E-state index in [0.717, 1.165) is 10.6 Å². The molecule has 0 saturated heterocycles. The van der Waals surface area contributed by atoms with Crippen molar-refractivity contribution in [3.63, 3.8) is 0 Å². The van der Waals surface area contributed by atoms with E-state index in [1.165, 1.54) is 11.3 Å². The SMILES string of the molecule is Cc1cccc(OCC(=O)Nc2nnc(C)s2)c1. The Balaban J connectivity index is 1.85. The van der Waals surface area contributed by atoms with Crippen LogP contribution in [0.5, 0.6) is 5.75 Å². The number of nitrogens with zero attached hydrogens (tertiary/aromatic N) is 2. The van der Waals surface area contributed by atoms with Gasteiger partial charge in [0, 0.05) is 0 Å². The minimum Gasteiger partial charge on any atom is -0.484 e. The van der Waals surface area contributed by atoms with Crippen molar-refractivity contribution in [2.75, 3.05) is 11.9 Å². The molecule has 1 aromatic carbocycles. The molecular weight excluding hydrogens is 250 g/mol. The lowest BCUT2D eigenvalue weighted by Crippen LogP contribution is -2.20. The average Bonchev–Trinajstić information content (AvgIpc) is 2.72. The lowest BCUT2D eigenvalue weighted by molar-refractivity contribution is -0.118. The summed E-state index contributed by atoms with van der Waals surface area (Å²) in [7, 11) is 0. The highest BCUT2D eigenvalue weighted by atomic mass is 32.1. The van der Waals surface area contributed by atoms with Crippen LogP contribution in [0.25, 0.3) is 0 Å². The molecule has 0 spiro atoms. The minimum atomic E-state index is -0.243. The molecule has 94 valence electrons. The molecule has 2 rings (SSSR count).